The van der Waals surface area contributed by atoms with Crippen LogP contribution in [0.15, 0.2) is 0 Å². The van der Waals surface area contributed by atoms with E-state index in [1.807, 2.05) is 0 Å². The summed E-state index contributed by atoms with van der Waals surface area (Å²) in [7, 11) is 0.421. The van der Waals surface area contributed by atoms with Crippen molar-refractivity contribution < 1.29 is 0 Å². The van der Waals surface area contributed by atoms with Crippen LogP contribution in [0.1, 0.15) is 59.3 Å². The Kier molecular flexibility index (Phi) is 10.9. The maximum Gasteiger partial charge on any atom is -0.0326 e. The normalized spacial score (nSPS) is 13.2. The molecule has 0 heterocycles. The van der Waals surface area contributed by atoms with Gasteiger partial charge in [0.05, 0.1) is 0 Å². The van der Waals surface area contributed by atoms with Crippen molar-refractivity contribution in [2.75, 3.05) is 18.5 Å². The topological polar surface area (TPSA) is 0 Å². The van der Waals surface area contributed by atoms with Crippen LogP contribution in [0.3, 0.4) is 0 Å². The quantitative estimate of drug-likeness (QED) is 0.369. The Morgan fingerprint density at radius 3 is 1.92 bits per heavy atom. The number of rotatable bonds is 9. The van der Waals surface area contributed by atoms with E-state index >= 15 is 0 Å². The lowest BCUT2D eigenvalue weighted by molar-refractivity contribution is 0.658. The first-order valence-electron chi connectivity index (χ1n) is 6.07. The third-order valence-electron chi connectivity index (χ3n) is 2.56. The molecule has 0 saturated carbocycles. The van der Waals surface area contributed by atoms with Crippen molar-refractivity contribution in [3.8, 4) is 0 Å². The second kappa shape index (κ2) is 10.5. The van der Waals surface area contributed by atoms with Gasteiger partial charge < -0.3 is 0 Å². The molecule has 1 heteroatoms. The second-order valence-electron chi connectivity index (χ2n) is 3.85. The molecule has 0 aliphatic rings. The van der Waals surface area contributed by atoms with Crippen molar-refractivity contribution in [1.82, 2.24) is 0 Å². The van der Waals surface area contributed by atoms with Crippen molar-refractivity contribution in [3.63, 3.8) is 0 Å². The minimum absolute atomic E-state index is 0.421. The van der Waals surface area contributed by atoms with Crippen LogP contribution in [-0.2, 0) is 0 Å². The molecule has 0 spiro atoms. The third-order valence-corrected chi connectivity index (χ3v) is 5.49. The van der Waals surface area contributed by atoms with Gasteiger partial charge >= 0.3 is 0 Å². The molecule has 0 N–H and O–H groups in total. The molecule has 0 aliphatic carbocycles. The average Bonchev–Trinajstić information content (AvgIpc) is 2.16. The fraction of sp³-hybridized carbons (Fsp3) is 1.00. The molecule has 0 radical (unpaired) electrons. The van der Waals surface area contributed by atoms with Gasteiger partial charge in [-0.05, 0) is 24.9 Å². The number of hydrogen-bond donors (Lipinski definition) is 0. The first-order chi connectivity index (χ1) is 6.35. The molecular formula is C12H27P. The highest BCUT2D eigenvalue weighted by Crippen LogP contribution is 2.36. The molecule has 80 valence electrons. The first-order valence-corrected chi connectivity index (χ1v) is 7.97. The van der Waals surface area contributed by atoms with Crippen molar-refractivity contribution in [2.45, 2.75) is 59.3 Å². The molecule has 0 saturated heterocycles. The lowest BCUT2D eigenvalue weighted by Gasteiger charge is -2.13. The predicted octanol–water partition coefficient (Wildman–Crippen LogP) is 4.87. The van der Waals surface area contributed by atoms with Crippen LogP contribution in [0.5, 0.6) is 0 Å². The molecule has 0 amide bonds. The Morgan fingerprint density at radius 2 is 1.38 bits per heavy atom. The van der Waals surface area contributed by atoms with Crippen LogP contribution in [0.4, 0.5) is 0 Å². The van der Waals surface area contributed by atoms with Gasteiger partial charge in [0.25, 0.3) is 0 Å². The summed E-state index contributed by atoms with van der Waals surface area (Å²) in [6.07, 6.45) is 13.2. The molecule has 0 aromatic heterocycles. The molecule has 0 rings (SSSR count). The fourth-order valence-corrected chi connectivity index (χ4v) is 3.84. The second-order valence-corrected chi connectivity index (χ2v) is 6.72. The molecule has 0 fully saturated rings. The van der Waals surface area contributed by atoms with Gasteiger partial charge in [0.1, 0.15) is 0 Å². The third kappa shape index (κ3) is 8.75. The minimum Gasteiger partial charge on any atom is -0.107 e. The highest BCUT2D eigenvalue weighted by atomic mass is 31.1. The minimum atomic E-state index is 0.421. The van der Waals surface area contributed by atoms with Crippen molar-refractivity contribution in [1.29, 1.82) is 0 Å². The molecule has 13 heavy (non-hydrogen) atoms. The highest BCUT2D eigenvalue weighted by molar-refractivity contribution is 7.57. The summed E-state index contributed by atoms with van der Waals surface area (Å²) in [6.45, 7) is 6.98. The van der Waals surface area contributed by atoms with Gasteiger partial charge in [-0.15, -0.1) is 7.92 Å². The van der Waals surface area contributed by atoms with E-state index in [4.69, 9.17) is 0 Å². The first kappa shape index (κ1) is 13.4. The Balaban J connectivity index is 3.17. The zero-order valence-electron chi connectivity index (χ0n) is 9.81. The summed E-state index contributed by atoms with van der Waals surface area (Å²) in [5, 5.41) is 0. The van der Waals surface area contributed by atoms with Crippen molar-refractivity contribution >= 4 is 7.92 Å². The zero-order valence-corrected chi connectivity index (χ0v) is 10.7. The molecular weight excluding hydrogens is 175 g/mol. The van der Waals surface area contributed by atoms with Crippen LogP contribution < -0.4 is 0 Å². The predicted molar refractivity (Wildman–Crippen MR) is 66.2 cm³/mol. The Labute approximate surface area is 86.3 Å². The van der Waals surface area contributed by atoms with E-state index in [1.165, 1.54) is 50.8 Å². The molecule has 1 atom stereocenters. The van der Waals surface area contributed by atoms with Gasteiger partial charge in [0.2, 0.25) is 0 Å². The molecule has 0 bridgehead atoms. The number of hydrogen-bond acceptors (Lipinski definition) is 0. The smallest absolute Gasteiger partial charge is 0.0326 e. The highest BCUT2D eigenvalue weighted by Gasteiger charge is 2.02. The lowest BCUT2D eigenvalue weighted by atomic mass is 10.2. The van der Waals surface area contributed by atoms with E-state index in [0.717, 1.165) is 0 Å². The van der Waals surface area contributed by atoms with Gasteiger partial charge in [-0.1, -0.05) is 52.9 Å². The Morgan fingerprint density at radius 1 is 0.692 bits per heavy atom. The average molecular weight is 202 g/mol. The van der Waals surface area contributed by atoms with Crippen LogP contribution in [-0.4, -0.2) is 18.5 Å². The molecule has 0 aromatic carbocycles. The van der Waals surface area contributed by atoms with Crippen molar-refractivity contribution in [2.24, 2.45) is 0 Å². The van der Waals surface area contributed by atoms with Crippen molar-refractivity contribution in [3.05, 3.63) is 0 Å². The van der Waals surface area contributed by atoms with E-state index < -0.39 is 0 Å². The van der Waals surface area contributed by atoms with Gasteiger partial charge in [-0.2, -0.15) is 0 Å². The van der Waals surface area contributed by atoms with E-state index in [0.29, 0.717) is 7.92 Å². The lowest BCUT2D eigenvalue weighted by Crippen LogP contribution is -1.92. The molecule has 0 nitrogen and oxygen atoms in total. The Hall–Kier alpha value is 0.430. The van der Waals surface area contributed by atoms with Crippen LogP contribution in [0, 0.1) is 0 Å². The SMILES string of the molecule is CCCCCCCP(CC)CCC. The van der Waals surface area contributed by atoms with Gasteiger partial charge in [-0.3, -0.25) is 0 Å². The fourth-order valence-electron chi connectivity index (χ4n) is 1.68. The largest absolute Gasteiger partial charge is 0.107 e. The molecule has 0 aromatic rings. The molecule has 1 unspecified atom stereocenters. The van der Waals surface area contributed by atoms with E-state index in [-0.39, 0.29) is 0 Å². The molecule has 0 aliphatic heterocycles. The van der Waals surface area contributed by atoms with Gasteiger partial charge in [0.15, 0.2) is 0 Å². The number of unbranched alkanes of at least 4 members (excludes halogenated alkanes) is 4. The summed E-state index contributed by atoms with van der Waals surface area (Å²) in [5.74, 6) is 0. The summed E-state index contributed by atoms with van der Waals surface area (Å²) >= 11 is 0. The van der Waals surface area contributed by atoms with E-state index in [1.54, 1.807) is 6.16 Å². The van der Waals surface area contributed by atoms with Crippen LogP contribution in [0.25, 0.3) is 0 Å². The summed E-state index contributed by atoms with van der Waals surface area (Å²) in [6, 6.07) is 0. The maximum atomic E-state index is 2.37. The standard InChI is InChI=1S/C12H27P/c1-4-7-8-9-10-12-13(6-3)11-5-2/h4-12H2,1-3H3. The van der Waals surface area contributed by atoms with E-state index in [2.05, 4.69) is 20.8 Å². The van der Waals surface area contributed by atoms with Gasteiger partial charge in [0, 0.05) is 0 Å². The van der Waals surface area contributed by atoms with Crippen LogP contribution >= 0.6 is 7.92 Å². The van der Waals surface area contributed by atoms with Crippen LogP contribution in [0.2, 0.25) is 0 Å². The zero-order chi connectivity index (χ0) is 9.94. The summed E-state index contributed by atoms with van der Waals surface area (Å²) in [5.41, 5.74) is 0. The maximum absolute atomic E-state index is 2.37. The summed E-state index contributed by atoms with van der Waals surface area (Å²) < 4.78 is 0. The van der Waals surface area contributed by atoms with E-state index in [9.17, 15) is 0 Å². The summed E-state index contributed by atoms with van der Waals surface area (Å²) in [4.78, 5) is 0. The van der Waals surface area contributed by atoms with Gasteiger partial charge in [-0.25, -0.2) is 0 Å². The monoisotopic (exact) mass is 202 g/mol. The Bertz CT molecular complexity index is 91.1.